The molecule has 3 aromatic rings. The Morgan fingerprint density at radius 2 is 1.48 bits per heavy atom. The predicted octanol–water partition coefficient (Wildman–Crippen LogP) is 5.08. The van der Waals surface area contributed by atoms with Gasteiger partial charge in [0, 0.05) is 17.9 Å². The molecule has 1 amide bonds. The minimum Gasteiger partial charge on any atom is -0.449 e. The topological polar surface area (TPSA) is 58.6 Å². The van der Waals surface area contributed by atoms with Crippen LogP contribution < -0.4 is 5.32 Å². The quantitative estimate of drug-likeness (QED) is 0.592. The van der Waals surface area contributed by atoms with Crippen molar-refractivity contribution in [1.29, 1.82) is 0 Å². The fraction of sp³-hybridized carbons (Fsp3) is 0.296. The molecule has 2 N–H and O–H groups in total. The van der Waals surface area contributed by atoms with Gasteiger partial charge in [0.05, 0.1) is 6.61 Å². The Morgan fingerprint density at radius 3 is 2.10 bits per heavy atom. The molecule has 0 spiro atoms. The Morgan fingerprint density at radius 1 is 0.903 bits per heavy atom. The van der Waals surface area contributed by atoms with Gasteiger partial charge in [0.2, 0.25) is 0 Å². The van der Waals surface area contributed by atoms with Crippen molar-refractivity contribution >= 4 is 6.09 Å². The van der Waals surface area contributed by atoms with Crippen molar-refractivity contribution in [1.82, 2.24) is 5.32 Å². The summed E-state index contributed by atoms with van der Waals surface area (Å²) in [5.74, 6) is 0.494. The van der Waals surface area contributed by atoms with Gasteiger partial charge in [-0.2, -0.15) is 0 Å². The second-order valence-electron chi connectivity index (χ2n) is 8.85. The van der Waals surface area contributed by atoms with Crippen LogP contribution in [0.15, 0.2) is 78.9 Å². The number of aliphatic hydroxyl groups is 1. The lowest BCUT2D eigenvalue weighted by Gasteiger charge is -2.47. The maximum absolute atomic E-state index is 12.5. The van der Waals surface area contributed by atoms with Gasteiger partial charge in [-0.25, -0.2) is 4.79 Å². The standard InChI is InChI=1S/C27H27NO3/c29-18-27(14-20(15-27)19-8-2-1-3-9-19)17-28-26(30)31-16-25-23-12-6-4-10-21(23)22-11-5-7-13-24(22)25/h1-13,20,25,29H,14-18H2,(H,28,30). The molecule has 158 valence electrons. The number of hydrogen-bond donors (Lipinski definition) is 2. The number of rotatable bonds is 6. The molecule has 0 heterocycles. The van der Waals surface area contributed by atoms with E-state index in [1.165, 1.54) is 27.8 Å². The average molecular weight is 414 g/mol. The van der Waals surface area contributed by atoms with Crippen molar-refractivity contribution < 1.29 is 14.6 Å². The van der Waals surface area contributed by atoms with E-state index in [-0.39, 0.29) is 17.9 Å². The van der Waals surface area contributed by atoms with Crippen molar-refractivity contribution in [3.05, 3.63) is 95.6 Å². The average Bonchev–Trinajstić information content (AvgIpc) is 3.12. The van der Waals surface area contributed by atoms with E-state index >= 15 is 0 Å². The molecule has 0 saturated heterocycles. The number of fused-ring (bicyclic) bond motifs is 3. The van der Waals surface area contributed by atoms with E-state index in [9.17, 15) is 9.90 Å². The zero-order valence-corrected chi connectivity index (χ0v) is 17.5. The van der Waals surface area contributed by atoms with Crippen LogP contribution in [0, 0.1) is 5.41 Å². The number of ether oxygens (including phenoxy) is 1. The van der Waals surface area contributed by atoms with Crippen LogP contribution >= 0.6 is 0 Å². The maximum atomic E-state index is 12.5. The zero-order chi connectivity index (χ0) is 21.3. The summed E-state index contributed by atoms with van der Waals surface area (Å²) in [6, 6.07) is 27.0. The molecule has 0 radical (unpaired) electrons. The van der Waals surface area contributed by atoms with E-state index in [1.807, 2.05) is 42.5 Å². The Kier molecular flexibility index (Phi) is 5.24. The Bertz CT molecular complexity index is 1030. The van der Waals surface area contributed by atoms with Crippen LogP contribution in [0.2, 0.25) is 0 Å². The van der Waals surface area contributed by atoms with Gasteiger partial charge >= 0.3 is 6.09 Å². The number of hydrogen-bond acceptors (Lipinski definition) is 3. The Hall–Kier alpha value is -3.11. The number of aliphatic hydroxyl groups excluding tert-OH is 1. The summed E-state index contributed by atoms with van der Waals surface area (Å²) < 4.78 is 5.63. The number of benzene rings is 3. The summed E-state index contributed by atoms with van der Waals surface area (Å²) >= 11 is 0. The molecule has 0 unspecified atom stereocenters. The molecular formula is C27H27NO3. The maximum Gasteiger partial charge on any atom is 0.407 e. The molecule has 4 nitrogen and oxygen atoms in total. The van der Waals surface area contributed by atoms with Crippen molar-refractivity contribution in [3.8, 4) is 11.1 Å². The number of nitrogens with one attached hydrogen (secondary N) is 1. The van der Waals surface area contributed by atoms with E-state index in [2.05, 4.69) is 41.7 Å². The molecule has 5 rings (SSSR count). The van der Waals surface area contributed by atoms with Crippen LogP contribution in [0.4, 0.5) is 4.79 Å². The first-order chi connectivity index (χ1) is 15.2. The normalized spacial score (nSPS) is 21.6. The molecule has 0 atom stereocenters. The molecule has 1 fully saturated rings. The highest BCUT2D eigenvalue weighted by atomic mass is 16.5. The highest BCUT2D eigenvalue weighted by molar-refractivity contribution is 5.79. The first-order valence-corrected chi connectivity index (χ1v) is 10.9. The number of alkyl carbamates (subject to hydrolysis) is 1. The SMILES string of the molecule is O=C(NCC1(CO)CC(c2ccccc2)C1)OCC1c2ccccc2-c2ccccc21. The third-order valence-corrected chi connectivity index (χ3v) is 6.92. The van der Waals surface area contributed by atoms with E-state index in [1.54, 1.807) is 0 Å². The van der Waals surface area contributed by atoms with Crippen molar-refractivity contribution in [2.24, 2.45) is 5.41 Å². The van der Waals surface area contributed by atoms with Gasteiger partial charge in [-0.05, 0) is 46.6 Å². The Labute approximate surface area is 182 Å². The van der Waals surface area contributed by atoms with Crippen LogP contribution in [0.1, 0.15) is 41.4 Å². The van der Waals surface area contributed by atoms with Crippen LogP contribution in [-0.4, -0.2) is 31.0 Å². The highest BCUT2D eigenvalue weighted by Gasteiger charge is 2.44. The second-order valence-corrected chi connectivity index (χ2v) is 8.85. The van der Waals surface area contributed by atoms with Crippen molar-refractivity contribution in [3.63, 3.8) is 0 Å². The molecule has 0 aliphatic heterocycles. The lowest BCUT2D eigenvalue weighted by molar-refractivity contribution is 0.0244. The fourth-order valence-corrected chi connectivity index (χ4v) is 5.18. The largest absolute Gasteiger partial charge is 0.449 e. The van der Waals surface area contributed by atoms with Gasteiger partial charge in [-0.1, -0.05) is 78.9 Å². The monoisotopic (exact) mass is 413 g/mol. The molecule has 0 aromatic heterocycles. The lowest BCUT2D eigenvalue weighted by Crippen LogP contribution is -2.48. The molecule has 2 aliphatic rings. The molecule has 31 heavy (non-hydrogen) atoms. The number of carbonyl (C=O) groups excluding carboxylic acids is 1. The van der Waals surface area contributed by atoms with Crippen molar-refractivity contribution in [2.45, 2.75) is 24.7 Å². The summed E-state index contributed by atoms with van der Waals surface area (Å²) in [5.41, 5.74) is 5.88. The van der Waals surface area contributed by atoms with Crippen LogP contribution in [0.5, 0.6) is 0 Å². The van der Waals surface area contributed by atoms with E-state index in [0.717, 1.165) is 12.8 Å². The number of carbonyl (C=O) groups is 1. The molecule has 0 bridgehead atoms. The minimum atomic E-state index is -0.419. The van der Waals surface area contributed by atoms with Crippen LogP contribution in [-0.2, 0) is 4.74 Å². The summed E-state index contributed by atoms with van der Waals surface area (Å²) in [4.78, 5) is 12.5. The predicted molar refractivity (Wildman–Crippen MR) is 121 cm³/mol. The van der Waals surface area contributed by atoms with Crippen LogP contribution in [0.3, 0.4) is 0 Å². The first kappa shape index (κ1) is 19.8. The molecule has 4 heteroatoms. The van der Waals surface area contributed by atoms with Crippen LogP contribution in [0.25, 0.3) is 11.1 Å². The van der Waals surface area contributed by atoms with Gasteiger partial charge in [-0.15, -0.1) is 0 Å². The third-order valence-electron chi connectivity index (χ3n) is 6.92. The third kappa shape index (κ3) is 3.72. The number of amides is 1. The summed E-state index contributed by atoms with van der Waals surface area (Å²) in [6.45, 7) is 0.808. The van der Waals surface area contributed by atoms with Gasteiger partial charge in [0.25, 0.3) is 0 Å². The summed E-state index contributed by atoms with van der Waals surface area (Å²) in [7, 11) is 0. The lowest BCUT2D eigenvalue weighted by atomic mass is 9.60. The minimum absolute atomic E-state index is 0.0520. The van der Waals surface area contributed by atoms with Gasteiger partial charge in [0.15, 0.2) is 0 Å². The van der Waals surface area contributed by atoms with Gasteiger partial charge in [-0.3, -0.25) is 0 Å². The second kappa shape index (κ2) is 8.20. The molecule has 1 saturated carbocycles. The van der Waals surface area contributed by atoms with Gasteiger partial charge in [0.1, 0.15) is 6.61 Å². The summed E-state index contributed by atoms with van der Waals surface area (Å²) in [5, 5.41) is 12.8. The molecule has 2 aliphatic carbocycles. The molecule has 3 aromatic carbocycles. The first-order valence-electron chi connectivity index (χ1n) is 10.9. The molecular weight excluding hydrogens is 386 g/mol. The highest BCUT2D eigenvalue weighted by Crippen LogP contribution is 2.50. The smallest absolute Gasteiger partial charge is 0.407 e. The Balaban J connectivity index is 1.18. The van der Waals surface area contributed by atoms with Gasteiger partial charge < -0.3 is 15.2 Å². The van der Waals surface area contributed by atoms with Crippen molar-refractivity contribution in [2.75, 3.05) is 19.8 Å². The zero-order valence-electron chi connectivity index (χ0n) is 17.5. The van der Waals surface area contributed by atoms with E-state index in [0.29, 0.717) is 19.1 Å². The van der Waals surface area contributed by atoms with E-state index in [4.69, 9.17) is 4.74 Å². The summed E-state index contributed by atoms with van der Waals surface area (Å²) in [6.07, 6.45) is 1.33. The fourth-order valence-electron chi connectivity index (χ4n) is 5.18. The van der Waals surface area contributed by atoms with E-state index < -0.39 is 6.09 Å².